The van der Waals surface area contributed by atoms with Gasteiger partial charge in [0.1, 0.15) is 4.60 Å². The van der Waals surface area contributed by atoms with E-state index >= 15 is 0 Å². The monoisotopic (exact) mass is 462 g/mol. The first-order chi connectivity index (χ1) is 13.7. The van der Waals surface area contributed by atoms with Crippen molar-refractivity contribution in [2.45, 2.75) is 6.92 Å². The lowest BCUT2D eigenvalue weighted by molar-refractivity contribution is 1.33. The Balaban J connectivity index is 0.000000161. The van der Waals surface area contributed by atoms with Gasteiger partial charge in [-0.05, 0) is 59.0 Å². The van der Waals surface area contributed by atoms with Crippen LogP contribution < -0.4 is 0 Å². The summed E-state index contributed by atoms with van der Waals surface area (Å²) in [6.45, 7) is 2.03. The summed E-state index contributed by atoms with van der Waals surface area (Å²) < 4.78 is 0.847. The van der Waals surface area contributed by atoms with Crippen molar-refractivity contribution in [2.24, 2.45) is 0 Å². The molecule has 0 amide bonds. The second-order valence-corrected chi connectivity index (χ2v) is 8.39. The third kappa shape index (κ3) is 6.79. The number of benzene rings is 2. The Labute approximate surface area is 181 Å². The largest absolute Gasteiger partial charge is 0.236 e. The maximum atomic E-state index is 4.19. The third-order valence-corrected chi connectivity index (χ3v) is 5.57. The molecule has 2 nitrogen and oxygen atoms in total. The fourth-order valence-electron chi connectivity index (χ4n) is 2.02. The summed E-state index contributed by atoms with van der Waals surface area (Å²) in [5.41, 5.74) is 2.04. The topological polar surface area (TPSA) is 25.8 Å². The second kappa shape index (κ2) is 10.6. The molecule has 28 heavy (non-hydrogen) atoms. The molecule has 0 aliphatic carbocycles. The minimum atomic E-state index is 0.834. The number of hydrogen-bond donors (Lipinski definition) is 0. The van der Waals surface area contributed by atoms with E-state index in [0.29, 0.717) is 0 Å². The molecule has 2 heterocycles. The van der Waals surface area contributed by atoms with E-state index in [1.165, 1.54) is 16.2 Å². The van der Waals surface area contributed by atoms with Crippen molar-refractivity contribution >= 4 is 38.6 Å². The first-order valence-electron chi connectivity index (χ1n) is 8.36. The molecule has 0 unspecified atom stereocenters. The maximum absolute atomic E-state index is 4.19. The molecule has 0 bridgehead atoms. The van der Waals surface area contributed by atoms with Gasteiger partial charge in [0.15, 0.2) is 10.0 Å². The molecule has 136 valence electrons. The Morgan fingerprint density at radius 1 is 0.786 bits per heavy atom. The molecule has 0 radical (unpaired) electrons. The van der Waals surface area contributed by atoms with E-state index in [1.54, 1.807) is 11.3 Å². The van der Waals surface area contributed by atoms with Gasteiger partial charge in [0.25, 0.3) is 0 Å². The summed E-state index contributed by atoms with van der Waals surface area (Å²) >= 11 is 6.45. The van der Waals surface area contributed by atoms with Gasteiger partial charge in [0.2, 0.25) is 0 Å². The van der Waals surface area contributed by atoms with Crippen LogP contribution >= 0.6 is 38.6 Å². The van der Waals surface area contributed by atoms with Crippen LogP contribution in [0.15, 0.2) is 76.8 Å². The van der Waals surface area contributed by atoms with Gasteiger partial charge in [-0.1, -0.05) is 48.2 Å². The summed E-state index contributed by atoms with van der Waals surface area (Å²) in [6, 6.07) is 19.8. The average molecular weight is 463 g/mol. The Kier molecular flexibility index (Phi) is 7.58. The van der Waals surface area contributed by atoms with Gasteiger partial charge >= 0.3 is 0 Å². The van der Waals surface area contributed by atoms with Gasteiger partial charge in [-0.3, -0.25) is 0 Å². The lowest BCUT2D eigenvalue weighted by Gasteiger charge is -1.84. The lowest BCUT2D eigenvalue weighted by atomic mass is 10.2. The summed E-state index contributed by atoms with van der Waals surface area (Å²) in [7, 11) is 0. The first-order valence-corrected chi connectivity index (χ1v) is 10.9. The number of thiazole rings is 2. The molecule has 2 aromatic carbocycles. The van der Waals surface area contributed by atoms with Crippen molar-refractivity contribution in [3.8, 4) is 23.7 Å². The summed E-state index contributed by atoms with van der Waals surface area (Å²) in [4.78, 5) is 9.56. The molecule has 2 aromatic heterocycles. The molecule has 0 aliphatic rings. The minimum Gasteiger partial charge on any atom is -0.236 e. The SMILES string of the molecule is Brc1csc(C#Cc2ccccc2)n1.Cc1cnc(C#Cc2ccccc2)s1. The smallest absolute Gasteiger partial charge is 0.168 e. The van der Waals surface area contributed by atoms with Crippen molar-refractivity contribution in [3.05, 3.63) is 103 Å². The summed E-state index contributed by atoms with van der Waals surface area (Å²) in [5, 5.41) is 3.64. The number of nitrogens with zero attached hydrogens (tertiary/aromatic N) is 2. The van der Waals surface area contributed by atoms with E-state index in [2.05, 4.69) is 49.6 Å². The van der Waals surface area contributed by atoms with Gasteiger partial charge in [-0.15, -0.1) is 22.7 Å². The Morgan fingerprint density at radius 2 is 1.36 bits per heavy atom. The van der Waals surface area contributed by atoms with Gasteiger partial charge in [0, 0.05) is 27.6 Å². The Morgan fingerprint density at radius 3 is 1.82 bits per heavy atom. The van der Waals surface area contributed by atoms with Crippen LogP contribution in [0.3, 0.4) is 0 Å². The fraction of sp³-hybridized carbons (Fsp3) is 0.0435. The van der Waals surface area contributed by atoms with Crippen molar-refractivity contribution in [1.82, 2.24) is 9.97 Å². The third-order valence-electron chi connectivity index (χ3n) is 3.27. The van der Waals surface area contributed by atoms with Crippen LogP contribution in [0, 0.1) is 30.6 Å². The number of rotatable bonds is 0. The molecular weight excluding hydrogens is 448 g/mol. The molecular formula is C23H15BrN2S2. The maximum Gasteiger partial charge on any atom is 0.168 e. The van der Waals surface area contributed by atoms with Crippen molar-refractivity contribution < 1.29 is 0 Å². The average Bonchev–Trinajstić information content (AvgIpc) is 3.35. The molecule has 0 N–H and O–H groups in total. The van der Waals surface area contributed by atoms with E-state index in [4.69, 9.17) is 0 Å². The molecule has 4 rings (SSSR count). The molecule has 0 atom stereocenters. The van der Waals surface area contributed by atoms with E-state index < -0.39 is 0 Å². The zero-order valence-electron chi connectivity index (χ0n) is 15.0. The zero-order chi connectivity index (χ0) is 19.6. The number of aromatic nitrogens is 2. The molecule has 0 saturated carbocycles. The van der Waals surface area contributed by atoms with Crippen LogP contribution in [-0.2, 0) is 0 Å². The second-order valence-electron chi connectivity index (χ2n) is 5.48. The minimum absolute atomic E-state index is 0.834. The van der Waals surface area contributed by atoms with Crippen molar-refractivity contribution in [1.29, 1.82) is 0 Å². The van der Waals surface area contributed by atoms with Crippen LogP contribution in [0.2, 0.25) is 0 Å². The van der Waals surface area contributed by atoms with Crippen molar-refractivity contribution in [2.75, 3.05) is 0 Å². The standard InChI is InChI=1S/C12H9NS.C11H6BrNS/c1-10-9-13-12(14-10)8-7-11-5-3-2-4-6-11;12-10-8-14-11(13-10)7-6-9-4-2-1-3-5-9/h2-6,9H,1H3;1-5,8H. The fourth-order valence-corrected chi connectivity index (χ4v) is 3.73. The van der Waals surface area contributed by atoms with Gasteiger partial charge in [-0.25, -0.2) is 9.97 Å². The van der Waals surface area contributed by atoms with Gasteiger partial charge in [-0.2, -0.15) is 0 Å². The Bertz CT molecular complexity index is 1050. The molecule has 0 saturated heterocycles. The lowest BCUT2D eigenvalue weighted by Crippen LogP contribution is -1.73. The molecule has 4 aromatic rings. The summed E-state index contributed by atoms with van der Waals surface area (Å²) in [5.74, 6) is 12.2. The molecule has 5 heteroatoms. The van der Waals surface area contributed by atoms with E-state index in [0.717, 1.165) is 25.7 Å². The summed E-state index contributed by atoms with van der Waals surface area (Å²) in [6.07, 6.45) is 1.85. The predicted molar refractivity (Wildman–Crippen MR) is 122 cm³/mol. The Hall–Kier alpha value is -2.70. The first kappa shape index (κ1) is 20.0. The highest BCUT2D eigenvalue weighted by atomic mass is 79.9. The van der Waals surface area contributed by atoms with Gasteiger partial charge < -0.3 is 0 Å². The molecule has 0 fully saturated rings. The van der Waals surface area contributed by atoms with Crippen LogP contribution in [-0.4, -0.2) is 9.97 Å². The van der Waals surface area contributed by atoms with Crippen LogP contribution in [0.5, 0.6) is 0 Å². The number of aryl methyl sites for hydroxylation is 1. The highest BCUT2D eigenvalue weighted by Crippen LogP contribution is 2.13. The van der Waals surface area contributed by atoms with Crippen LogP contribution in [0.25, 0.3) is 0 Å². The van der Waals surface area contributed by atoms with Crippen LogP contribution in [0.1, 0.15) is 26.0 Å². The zero-order valence-corrected chi connectivity index (χ0v) is 18.2. The van der Waals surface area contributed by atoms with Crippen molar-refractivity contribution in [3.63, 3.8) is 0 Å². The van der Waals surface area contributed by atoms with E-state index in [9.17, 15) is 0 Å². The highest BCUT2D eigenvalue weighted by Gasteiger charge is 1.93. The highest BCUT2D eigenvalue weighted by molar-refractivity contribution is 9.10. The normalized spacial score (nSPS) is 9.21. The van der Waals surface area contributed by atoms with Crippen LogP contribution in [0.4, 0.5) is 0 Å². The van der Waals surface area contributed by atoms with Gasteiger partial charge in [0.05, 0.1) is 0 Å². The predicted octanol–water partition coefficient (Wildman–Crippen LogP) is 6.16. The number of halogens is 1. The van der Waals surface area contributed by atoms with E-state index in [-0.39, 0.29) is 0 Å². The molecule has 0 spiro atoms. The molecule has 0 aliphatic heterocycles. The number of hydrogen-bond acceptors (Lipinski definition) is 4. The van der Waals surface area contributed by atoms with E-state index in [1.807, 2.05) is 79.2 Å². The quantitative estimate of drug-likeness (QED) is 0.292.